The Morgan fingerprint density at radius 2 is 1.67 bits per heavy atom. The van der Waals surface area contributed by atoms with Gasteiger partial charge in [0.25, 0.3) is 10.0 Å². The van der Waals surface area contributed by atoms with E-state index in [9.17, 15) is 8.42 Å². The van der Waals surface area contributed by atoms with Crippen molar-refractivity contribution in [1.82, 2.24) is 9.97 Å². The van der Waals surface area contributed by atoms with Gasteiger partial charge in [-0.05, 0) is 22.9 Å². The molecule has 1 N–H and O–H groups in total. The van der Waals surface area contributed by atoms with Crippen LogP contribution in [0.5, 0.6) is 0 Å². The Morgan fingerprint density at radius 3 is 2.43 bits per heavy atom. The van der Waals surface area contributed by atoms with Crippen molar-refractivity contribution in [1.29, 1.82) is 0 Å². The lowest BCUT2D eigenvalue weighted by Gasteiger charge is -2.08. The maximum atomic E-state index is 12.4. The number of hydrogen-bond donors (Lipinski definition) is 1. The fourth-order valence-electron chi connectivity index (χ4n) is 1.91. The van der Waals surface area contributed by atoms with E-state index in [0.717, 1.165) is 10.8 Å². The Balaban J connectivity index is 2.02. The Labute approximate surface area is 126 Å². The fraction of sp³-hybridized carbons (Fsp3) is 0. The first-order valence-electron chi connectivity index (χ1n) is 6.04. The molecule has 1 aromatic heterocycles. The zero-order valence-corrected chi connectivity index (χ0v) is 12.3. The van der Waals surface area contributed by atoms with Gasteiger partial charge >= 0.3 is 0 Å². The van der Waals surface area contributed by atoms with E-state index >= 15 is 0 Å². The third-order valence-electron chi connectivity index (χ3n) is 2.92. The summed E-state index contributed by atoms with van der Waals surface area (Å²) in [5.74, 6) is 0.00678. The molecule has 0 saturated heterocycles. The molecular formula is C14H10ClN3O2S. The third-order valence-corrected chi connectivity index (χ3v) is 4.53. The fourth-order valence-corrected chi connectivity index (χ4v) is 3.17. The minimum Gasteiger partial charge on any atom is -0.261 e. The van der Waals surface area contributed by atoms with Crippen LogP contribution in [0.1, 0.15) is 0 Å². The second-order valence-corrected chi connectivity index (χ2v) is 6.35. The average Bonchev–Trinajstić information content (AvgIpc) is 2.49. The van der Waals surface area contributed by atoms with Crippen molar-refractivity contribution in [3.05, 3.63) is 60.0 Å². The topological polar surface area (TPSA) is 72.0 Å². The molecule has 106 valence electrons. The number of halogens is 1. The molecule has 2 aromatic carbocycles. The van der Waals surface area contributed by atoms with Gasteiger partial charge in [0.2, 0.25) is 0 Å². The van der Waals surface area contributed by atoms with Crippen molar-refractivity contribution in [2.24, 2.45) is 0 Å². The zero-order chi connectivity index (χ0) is 14.9. The summed E-state index contributed by atoms with van der Waals surface area (Å²) in [7, 11) is -3.76. The molecule has 0 unspecified atom stereocenters. The van der Waals surface area contributed by atoms with E-state index in [4.69, 9.17) is 11.6 Å². The van der Waals surface area contributed by atoms with E-state index < -0.39 is 10.0 Å². The molecule has 0 saturated carbocycles. The van der Waals surface area contributed by atoms with Crippen molar-refractivity contribution in [3.63, 3.8) is 0 Å². The van der Waals surface area contributed by atoms with E-state index in [-0.39, 0.29) is 15.9 Å². The highest BCUT2D eigenvalue weighted by molar-refractivity contribution is 7.92. The number of aromatic nitrogens is 2. The van der Waals surface area contributed by atoms with E-state index in [1.807, 2.05) is 24.3 Å². The van der Waals surface area contributed by atoms with Crippen LogP contribution in [0, 0.1) is 0 Å². The standard InChI is InChI=1S/C14H10ClN3O2S/c15-13-14(17-8-7-16-13)18-21(19,20)12-6-5-10-3-1-2-4-11(10)9-12/h1-9H,(H,17,18). The highest BCUT2D eigenvalue weighted by atomic mass is 35.5. The van der Waals surface area contributed by atoms with Crippen LogP contribution in [0.3, 0.4) is 0 Å². The van der Waals surface area contributed by atoms with Gasteiger partial charge in [-0.1, -0.05) is 41.9 Å². The molecule has 0 radical (unpaired) electrons. The molecule has 3 rings (SSSR count). The third kappa shape index (κ3) is 2.81. The summed E-state index contributed by atoms with van der Waals surface area (Å²) in [4.78, 5) is 7.79. The molecule has 0 aliphatic carbocycles. The van der Waals surface area contributed by atoms with Gasteiger partial charge in [-0.15, -0.1) is 0 Å². The molecule has 0 amide bonds. The molecule has 7 heteroatoms. The van der Waals surface area contributed by atoms with E-state index in [1.165, 1.54) is 18.5 Å². The summed E-state index contributed by atoms with van der Waals surface area (Å²) in [6.45, 7) is 0. The highest BCUT2D eigenvalue weighted by Crippen LogP contribution is 2.22. The summed E-state index contributed by atoms with van der Waals surface area (Å²) < 4.78 is 27.1. The lowest BCUT2D eigenvalue weighted by atomic mass is 10.1. The zero-order valence-electron chi connectivity index (χ0n) is 10.7. The molecule has 5 nitrogen and oxygen atoms in total. The van der Waals surface area contributed by atoms with Crippen LogP contribution < -0.4 is 4.72 Å². The average molecular weight is 320 g/mol. The highest BCUT2D eigenvalue weighted by Gasteiger charge is 2.17. The van der Waals surface area contributed by atoms with Gasteiger partial charge in [0.15, 0.2) is 11.0 Å². The van der Waals surface area contributed by atoms with Crippen LogP contribution in [0.15, 0.2) is 59.8 Å². The van der Waals surface area contributed by atoms with E-state index in [1.54, 1.807) is 12.1 Å². The molecule has 1 heterocycles. The minimum absolute atomic E-state index is 0.00173. The molecule has 0 spiro atoms. The predicted octanol–water partition coefficient (Wildman–Crippen LogP) is 3.08. The largest absolute Gasteiger partial charge is 0.263 e. The van der Waals surface area contributed by atoms with E-state index in [0.29, 0.717) is 0 Å². The first kappa shape index (κ1) is 13.8. The number of sulfonamides is 1. The molecule has 0 atom stereocenters. The summed E-state index contributed by atoms with van der Waals surface area (Å²) in [6, 6.07) is 12.4. The Hall–Kier alpha value is -2.18. The molecule has 0 bridgehead atoms. The summed E-state index contributed by atoms with van der Waals surface area (Å²) >= 11 is 5.81. The maximum Gasteiger partial charge on any atom is 0.263 e. The van der Waals surface area contributed by atoms with Gasteiger partial charge in [-0.25, -0.2) is 18.4 Å². The van der Waals surface area contributed by atoms with Gasteiger partial charge in [0.1, 0.15) is 0 Å². The van der Waals surface area contributed by atoms with Gasteiger partial charge in [-0.3, -0.25) is 4.72 Å². The van der Waals surface area contributed by atoms with Crippen molar-refractivity contribution in [2.75, 3.05) is 4.72 Å². The first-order valence-corrected chi connectivity index (χ1v) is 7.90. The van der Waals surface area contributed by atoms with Crippen LogP contribution >= 0.6 is 11.6 Å². The number of anilines is 1. The monoisotopic (exact) mass is 319 g/mol. The van der Waals surface area contributed by atoms with Crippen molar-refractivity contribution >= 4 is 38.2 Å². The summed E-state index contributed by atoms with van der Waals surface area (Å²) in [5, 5.41) is 1.81. The van der Waals surface area contributed by atoms with Crippen LogP contribution in [0.2, 0.25) is 5.15 Å². The smallest absolute Gasteiger partial charge is 0.261 e. The number of nitrogens with one attached hydrogen (secondary N) is 1. The Morgan fingerprint density at radius 1 is 0.952 bits per heavy atom. The second-order valence-electron chi connectivity index (χ2n) is 4.31. The van der Waals surface area contributed by atoms with Gasteiger partial charge in [0, 0.05) is 12.4 Å². The first-order chi connectivity index (χ1) is 10.1. The molecular weight excluding hydrogens is 310 g/mol. The number of nitrogens with zero attached hydrogens (tertiary/aromatic N) is 2. The van der Waals surface area contributed by atoms with Crippen molar-refractivity contribution in [2.45, 2.75) is 4.90 Å². The van der Waals surface area contributed by atoms with E-state index in [2.05, 4.69) is 14.7 Å². The van der Waals surface area contributed by atoms with Crippen LogP contribution in [0.4, 0.5) is 5.82 Å². The number of benzene rings is 2. The summed E-state index contributed by atoms with van der Waals surface area (Å²) in [5.41, 5.74) is 0. The number of fused-ring (bicyclic) bond motifs is 1. The molecule has 0 fully saturated rings. The SMILES string of the molecule is O=S(=O)(Nc1nccnc1Cl)c1ccc2ccccc2c1. The molecule has 0 aliphatic rings. The quantitative estimate of drug-likeness (QED) is 0.805. The lowest BCUT2D eigenvalue weighted by Crippen LogP contribution is -2.14. The van der Waals surface area contributed by atoms with Gasteiger partial charge in [0.05, 0.1) is 4.90 Å². The normalized spacial score (nSPS) is 11.5. The maximum absolute atomic E-state index is 12.4. The van der Waals surface area contributed by atoms with Crippen LogP contribution in [-0.4, -0.2) is 18.4 Å². The predicted molar refractivity (Wildman–Crippen MR) is 81.8 cm³/mol. The number of rotatable bonds is 3. The molecule has 0 aliphatic heterocycles. The second kappa shape index (κ2) is 5.31. The Bertz CT molecular complexity index is 913. The van der Waals surface area contributed by atoms with Gasteiger partial charge in [-0.2, -0.15) is 0 Å². The van der Waals surface area contributed by atoms with Crippen molar-refractivity contribution in [3.8, 4) is 0 Å². The lowest BCUT2D eigenvalue weighted by molar-refractivity contribution is 0.601. The Kier molecular flexibility index (Phi) is 3.48. The molecule has 3 aromatic rings. The minimum atomic E-state index is -3.76. The van der Waals surface area contributed by atoms with Gasteiger partial charge < -0.3 is 0 Å². The van der Waals surface area contributed by atoms with Crippen LogP contribution in [-0.2, 0) is 10.0 Å². The summed E-state index contributed by atoms with van der Waals surface area (Å²) in [6.07, 6.45) is 2.75. The molecule has 21 heavy (non-hydrogen) atoms. The van der Waals surface area contributed by atoms with Crippen molar-refractivity contribution < 1.29 is 8.42 Å². The van der Waals surface area contributed by atoms with Crippen LogP contribution in [0.25, 0.3) is 10.8 Å². The number of hydrogen-bond acceptors (Lipinski definition) is 4.